The zero-order valence-electron chi connectivity index (χ0n) is 9.48. The van der Waals surface area contributed by atoms with Crippen LogP contribution >= 0.6 is 0 Å². The number of benzene rings is 1. The van der Waals surface area contributed by atoms with E-state index in [1.165, 1.54) is 24.3 Å². The van der Waals surface area contributed by atoms with Gasteiger partial charge in [0.1, 0.15) is 0 Å². The third-order valence-corrected chi connectivity index (χ3v) is 2.43. The van der Waals surface area contributed by atoms with Crippen molar-refractivity contribution in [3.8, 4) is 0 Å². The van der Waals surface area contributed by atoms with Crippen LogP contribution in [0.3, 0.4) is 0 Å². The van der Waals surface area contributed by atoms with Gasteiger partial charge in [0.2, 0.25) is 0 Å². The summed E-state index contributed by atoms with van der Waals surface area (Å²) in [7, 11) is 0. The molecule has 0 saturated carbocycles. The smallest absolute Gasteiger partial charge is 0.416 e. The molecule has 1 heterocycles. The van der Waals surface area contributed by atoms with Gasteiger partial charge in [0.05, 0.1) is 16.8 Å². The highest BCUT2D eigenvalue weighted by Gasteiger charge is 2.30. The third-order valence-electron chi connectivity index (χ3n) is 2.43. The number of carboxylic acid groups (broad SMARTS) is 1. The van der Waals surface area contributed by atoms with E-state index in [1.54, 1.807) is 0 Å². The van der Waals surface area contributed by atoms with Crippen LogP contribution in [-0.2, 0) is 11.0 Å². The van der Waals surface area contributed by atoms with Gasteiger partial charge in [0.15, 0.2) is 0 Å². The third kappa shape index (κ3) is 3.09. The van der Waals surface area contributed by atoms with Gasteiger partial charge in [0, 0.05) is 11.5 Å². The highest BCUT2D eigenvalue weighted by atomic mass is 19.4. The highest BCUT2D eigenvalue weighted by molar-refractivity contribution is 5.86. The van der Waals surface area contributed by atoms with Crippen LogP contribution in [0.15, 0.2) is 36.4 Å². The minimum Gasteiger partial charge on any atom is -0.478 e. The lowest BCUT2D eigenvalue weighted by atomic mass is 10.1. The van der Waals surface area contributed by atoms with Gasteiger partial charge in [-0.05, 0) is 30.3 Å². The van der Waals surface area contributed by atoms with Crippen molar-refractivity contribution >= 4 is 22.9 Å². The van der Waals surface area contributed by atoms with Gasteiger partial charge in [-0.3, -0.25) is 0 Å². The molecule has 1 aromatic carbocycles. The number of carboxylic acids is 1. The second-order valence-electron chi connectivity index (χ2n) is 3.81. The Morgan fingerprint density at radius 3 is 2.58 bits per heavy atom. The van der Waals surface area contributed by atoms with Crippen molar-refractivity contribution in [1.82, 2.24) is 4.98 Å². The maximum atomic E-state index is 12.5. The van der Waals surface area contributed by atoms with E-state index in [4.69, 9.17) is 5.11 Å². The van der Waals surface area contributed by atoms with Crippen LogP contribution in [0.1, 0.15) is 11.3 Å². The van der Waals surface area contributed by atoms with Crippen LogP contribution in [0.4, 0.5) is 13.2 Å². The van der Waals surface area contributed by atoms with Gasteiger partial charge >= 0.3 is 12.1 Å². The molecule has 0 spiro atoms. The summed E-state index contributed by atoms with van der Waals surface area (Å²) >= 11 is 0. The lowest BCUT2D eigenvalue weighted by Gasteiger charge is -2.07. The van der Waals surface area contributed by atoms with E-state index in [-0.39, 0.29) is 0 Å². The summed E-state index contributed by atoms with van der Waals surface area (Å²) in [6, 6.07) is 6.14. The Balaban J connectivity index is 2.43. The Kier molecular flexibility index (Phi) is 3.25. The van der Waals surface area contributed by atoms with Crippen molar-refractivity contribution in [1.29, 1.82) is 0 Å². The van der Waals surface area contributed by atoms with Crippen LogP contribution in [-0.4, -0.2) is 16.1 Å². The summed E-state index contributed by atoms with van der Waals surface area (Å²) in [4.78, 5) is 14.4. The molecule has 2 aromatic rings. The summed E-state index contributed by atoms with van der Waals surface area (Å²) in [6.07, 6.45) is -2.20. The quantitative estimate of drug-likeness (QED) is 0.849. The van der Waals surface area contributed by atoms with Crippen molar-refractivity contribution < 1.29 is 23.1 Å². The van der Waals surface area contributed by atoms with Crippen molar-refractivity contribution in [2.24, 2.45) is 0 Å². The Morgan fingerprint density at radius 1 is 1.21 bits per heavy atom. The summed E-state index contributed by atoms with van der Waals surface area (Å²) in [5, 5.41) is 8.82. The molecule has 0 aliphatic heterocycles. The lowest BCUT2D eigenvalue weighted by Crippen LogP contribution is -2.04. The highest BCUT2D eigenvalue weighted by Crippen LogP contribution is 2.31. The number of nitrogens with zero attached hydrogens (tertiary/aromatic N) is 1. The van der Waals surface area contributed by atoms with E-state index < -0.39 is 17.7 Å². The first-order chi connectivity index (χ1) is 8.86. The number of alkyl halides is 3. The second kappa shape index (κ2) is 4.72. The largest absolute Gasteiger partial charge is 0.478 e. The Labute approximate surface area is 106 Å². The zero-order valence-corrected chi connectivity index (χ0v) is 9.48. The van der Waals surface area contributed by atoms with Gasteiger partial charge in [-0.1, -0.05) is 6.07 Å². The number of rotatable bonds is 2. The molecule has 0 amide bonds. The van der Waals surface area contributed by atoms with Crippen LogP contribution in [0, 0.1) is 0 Å². The maximum Gasteiger partial charge on any atom is 0.416 e. The topological polar surface area (TPSA) is 50.2 Å². The number of fused-ring (bicyclic) bond motifs is 1. The van der Waals surface area contributed by atoms with Crippen molar-refractivity contribution in [3.05, 3.63) is 47.7 Å². The van der Waals surface area contributed by atoms with Gasteiger partial charge < -0.3 is 5.11 Å². The summed E-state index contributed by atoms with van der Waals surface area (Å²) < 4.78 is 37.5. The lowest BCUT2D eigenvalue weighted by molar-refractivity contribution is -0.137. The number of carbonyl (C=O) groups is 1. The number of hydrogen-bond donors (Lipinski definition) is 1. The van der Waals surface area contributed by atoms with Crippen LogP contribution in [0.2, 0.25) is 0 Å². The predicted octanol–water partition coefficient (Wildman–Crippen LogP) is 3.35. The number of pyridine rings is 1. The second-order valence-corrected chi connectivity index (χ2v) is 3.81. The Morgan fingerprint density at radius 2 is 1.95 bits per heavy atom. The SMILES string of the molecule is O=C(O)/C=C/c1ccc2cc(C(F)(F)F)ccc2n1. The van der Waals surface area contributed by atoms with Gasteiger partial charge in [0.25, 0.3) is 0 Å². The van der Waals surface area contributed by atoms with E-state index in [9.17, 15) is 18.0 Å². The van der Waals surface area contributed by atoms with Gasteiger partial charge in [-0.15, -0.1) is 0 Å². The maximum absolute atomic E-state index is 12.5. The van der Waals surface area contributed by atoms with E-state index in [0.717, 1.165) is 18.2 Å². The van der Waals surface area contributed by atoms with E-state index >= 15 is 0 Å². The minimum absolute atomic E-state index is 0.349. The molecule has 0 unspecified atom stereocenters. The average Bonchev–Trinajstić information content (AvgIpc) is 2.34. The molecule has 19 heavy (non-hydrogen) atoms. The molecule has 0 radical (unpaired) electrons. The molecule has 0 bridgehead atoms. The Bertz CT molecular complexity index is 662. The summed E-state index contributed by atoms with van der Waals surface area (Å²) in [5.74, 6) is -1.12. The normalized spacial score (nSPS) is 12.2. The monoisotopic (exact) mass is 267 g/mol. The summed E-state index contributed by atoms with van der Waals surface area (Å²) in [5.41, 5.74) is 0.00539. The van der Waals surface area contributed by atoms with E-state index in [2.05, 4.69) is 4.98 Å². The average molecular weight is 267 g/mol. The van der Waals surface area contributed by atoms with Crippen LogP contribution in [0.5, 0.6) is 0 Å². The Hall–Kier alpha value is -2.37. The molecule has 0 fully saturated rings. The van der Waals surface area contributed by atoms with Crippen molar-refractivity contribution in [3.63, 3.8) is 0 Å². The van der Waals surface area contributed by atoms with E-state index in [1.807, 2.05) is 0 Å². The van der Waals surface area contributed by atoms with Gasteiger partial charge in [-0.2, -0.15) is 13.2 Å². The number of aromatic nitrogens is 1. The molecular weight excluding hydrogens is 259 g/mol. The van der Waals surface area contributed by atoms with Gasteiger partial charge in [-0.25, -0.2) is 9.78 Å². The molecule has 0 saturated heterocycles. The molecule has 2 rings (SSSR count). The molecule has 3 nitrogen and oxygen atoms in total. The fourth-order valence-corrected chi connectivity index (χ4v) is 1.57. The van der Waals surface area contributed by atoms with Crippen LogP contribution < -0.4 is 0 Å². The molecule has 0 aliphatic rings. The minimum atomic E-state index is -4.39. The number of aliphatic carboxylic acids is 1. The fraction of sp³-hybridized carbons (Fsp3) is 0.0769. The fourth-order valence-electron chi connectivity index (χ4n) is 1.57. The molecule has 0 atom stereocenters. The summed E-state index contributed by atoms with van der Waals surface area (Å²) in [6.45, 7) is 0. The first kappa shape index (κ1) is 13.1. The van der Waals surface area contributed by atoms with Crippen molar-refractivity contribution in [2.45, 2.75) is 6.18 Å². The zero-order chi connectivity index (χ0) is 14.0. The molecule has 6 heteroatoms. The number of halogens is 3. The van der Waals surface area contributed by atoms with E-state index in [0.29, 0.717) is 16.6 Å². The molecular formula is C13H8F3NO2. The van der Waals surface area contributed by atoms with Crippen molar-refractivity contribution in [2.75, 3.05) is 0 Å². The molecule has 1 N–H and O–H groups in total. The number of hydrogen-bond acceptors (Lipinski definition) is 2. The molecule has 0 aliphatic carbocycles. The first-order valence-electron chi connectivity index (χ1n) is 5.25. The predicted molar refractivity (Wildman–Crippen MR) is 63.4 cm³/mol. The standard InChI is InChI=1S/C13H8F3NO2/c14-13(15,16)9-2-5-11-8(7-9)1-3-10(17-11)4-6-12(18)19/h1-7H,(H,18,19)/b6-4+. The van der Waals surface area contributed by atoms with Crippen LogP contribution in [0.25, 0.3) is 17.0 Å². The molecule has 98 valence electrons. The first-order valence-corrected chi connectivity index (χ1v) is 5.25. The molecule has 1 aromatic heterocycles.